The Labute approximate surface area is 123 Å². The zero-order valence-electron chi connectivity index (χ0n) is 12.1. The first-order valence-corrected chi connectivity index (χ1v) is 7.59. The summed E-state index contributed by atoms with van der Waals surface area (Å²) in [6.45, 7) is 3.12. The van der Waals surface area contributed by atoms with Gasteiger partial charge in [0.25, 0.3) is 5.91 Å². The van der Waals surface area contributed by atoms with E-state index in [0.29, 0.717) is 19.1 Å². The molecule has 1 aliphatic carbocycles. The maximum absolute atomic E-state index is 13.2. The number of nitrogen functional groups attached to an aromatic ring is 1. The Morgan fingerprint density at radius 3 is 2.57 bits per heavy atom. The van der Waals surface area contributed by atoms with Gasteiger partial charge < -0.3 is 10.6 Å². The lowest BCUT2D eigenvalue weighted by molar-refractivity contribution is 0.0573. The molecule has 2 fully saturated rings. The standard InChI is InChI=1S/C15H21FN4O/c16-11-9-13(14(17)18-10-11)15(21)20-7-5-19(6-8-20)12-3-1-2-4-12/h9-10,12H,1-8H2,(H2,17,18). The number of rotatable bonds is 2. The minimum atomic E-state index is -0.530. The van der Waals surface area contributed by atoms with Crippen molar-refractivity contribution in [1.29, 1.82) is 0 Å². The largest absolute Gasteiger partial charge is 0.383 e. The number of nitrogens with zero attached hydrogens (tertiary/aromatic N) is 3. The minimum Gasteiger partial charge on any atom is -0.383 e. The maximum Gasteiger partial charge on any atom is 0.257 e. The zero-order valence-corrected chi connectivity index (χ0v) is 12.1. The van der Waals surface area contributed by atoms with Gasteiger partial charge in [-0.25, -0.2) is 9.37 Å². The average Bonchev–Trinajstić information content (AvgIpc) is 3.03. The predicted molar refractivity (Wildman–Crippen MR) is 78.3 cm³/mol. The number of carbonyl (C=O) groups is 1. The van der Waals surface area contributed by atoms with Crippen LogP contribution in [0.15, 0.2) is 12.3 Å². The zero-order chi connectivity index (χ0) is 14.8. The van der Waals surface area contributed by atoms with Crippen LogP contribution in [-0.4, -0.2) is 52.9 Å². The van der Waals surface area contributed by atoms with E-state index < -0.39 is 5.82 Å². The summed E-state index contributed by atoms with van der Waals surface area (Å²) in [7, 11) is 0. The highest BCUT2D eigenvalue weighted by Crippen LogP contribution is 2.24. The lowest BCUT2D eigenvalue weighted by Crippen LogP contribution is -2.51. The molecule has 0 unspecified atom stereocenters. The number of pyridine rings is 1. The number of aromatic nitrogens is 1. The van der Waals surface area contributed by atoms with E-state index in [2.05, 4.69) is 9.88 Å². The van der Waals surface area contributed by atoms with E-state index in [0.717, 1.165) is 19.3 Å². The highest BCUT2D eigenvalue weighted by molar-refractivity contribution is 5.98. The summed E-state index contributed by atoms with van der Waals surface area (Å²) in [5, 5.41) is 0. The van der Waals surface area contributed by atoms with Crippen LogP contribution in [0.3, 0.4) is 0 Å². The summed E-state index contributed by atoms with van der Waals surface area (Å²) >= 11 is 0. The SMILES string of the molecule is Nc1ncc(F)cc1C(=O)N1CCN(C2CCCC2)CC1. The monoisotopic (exact) mass is 292 g/mol. The fourth-order valence-electron chi connectivity index (χ4n) is 3.35. The molecule has 1 saturated heterocycles. The molecule has 2 aliphatic rings. The van der Waals surface area contributed by atoms with Gasteiger partial charge in [-0.3, -0.25) is 9.69 Å². The summed E-state index contributed by atoms with van der Waals surface area (Å²) in [6.07, 6.45) is 6.21. The van der Waals surface area contributed by atoms with E-state index in [1.54, 1.807) is 4.90 Å². The fourth-order valence-corrected chi connectivity index (χ4v) is 3.35. The van der Waals surface area contributed by atoms with Crippen LogP contribution in [0.2, 0.25) is 0 Å². The molecule has 1 amide bonds. The molecule has 1 aromatic rings. The molecule has 2 N–H and O–H groups in total. The van der Waals surface area contributed by atoms with E-state index >= 15 is 0 Å². The smallest absolute Gasteiger partial charge is 0.257 e. The number of carbonyl (C=O) groups excluding carboxylic acids is 1. The van der Waals surface area contributed by atoms with Gasteiger partial charge >= 0.3 is 0 Å². The Balaban J connectivity index is 1.63. The molecule has 0 bridgehead atoms. The topological polar surface area (TPSA) is 62.5 Å². The van der Waals surface area contributed by atoms with E-state index in [9.17, 15) is 9.18 Å². The van der Waals surface area contributed by atoms with Crippen molar-refractivity contribution in [3.63, 3.8) is 0 Å². The Morgan fingerprint density at radius 2 is 1.90 bits per heavy atom. The Kier molecular flexibility index (Phi) is 4.05. The Morgan fingerprint density at radius 1 is 1.24 bits per heavy atom. The van der Waals surface area contributed by atoms with Gasteiger partial charge in [0.2, 0.25) is 0 Å². The molecule has 21 heavy (non-hydrogen) atoms. The highest BCUT2D eigenvalue weighted by atomic mass is 19.1. The van der Waals surface area contributed by atoms with E-state index in [1.807, 2.05) is 0 Å². The number of piperazine rings is 1. The van der Waals surface area contributed by atoms with Gasteiger partial charge in [0.1, 0.15) is 11.6 Å². The molecule has 114 valence electrons. The number of hydrogen-bond acceptors (Lipinski definition) is 4. The number of hydrogen-bond donors (Lipinski definition) is 1. The van der Waals surface area contributed by atoms with Crippen molar-refractivity contribution >= 4 is 11.7 Å². The Hall–Kier alpha value is -1.69. The average molecular weight is 292 g/mol. The first kappa shape index (κ1) is 14.3. The van der Waals surface area contributed by atoms with Gasteiger partial charge in [0.15, 0.2) is 0 Å². The van der Waals surface area contributed by atoms with E-state index in [1.165, 1.54) is 31.7 Å². The van der Waals surface area contributed by atoms with Crippen LogP contribution in [0.1, 0.15) is 36.0 Å². The molecule has 2 heterocycles. The minimum absolute atomic E-state index is 0.0969. The maximum atomic E-state index is 13.2. The molecule has 1 saturated carbocycles. The van der Waals surface area contributed by atoms with Crippen molar-refractivity contribution in [3.8, 4) is 0 Å². The molecular weight excluding hydrogens is 271 g/mol. The van der Waals surface area contributed by atoms with Crippen LogP contribution in [0.25, 0.3) is 0 Å². The lowest BCUT2D eigenvalue weighted by Gasteiger charge is -2.38. The van der Waals surface area contributed by atoms with Gasteiger partial charge in [-0.05, 0) is 18.9 Å². The number of anilines is 1. The van der Waals surface area contributed by atoms with Gasteiger partial charge in [-0.1, -0.05) is 12.8 Å². The molecule has 5 nitrogen and oxygen atoms in total. The molecule has 0 spiro atoms. The number of amides is 1. The normalized spacial score (nSPS) is 20.9. The summed E-state index contributed by atoms with van der Waals surface area (Å²) in [5.74, 6) is -0.651. The summed E-state index contributed by atoms with van der Waals surface area (Å²) in [5.41, 5.74) is 5.86. The quantitative estimate of drug-likeness (QED) is 0.897. The third-order valence-electron chi connectivity index (χ3n) is 4.56. The summed E-state index contributed by atoms with van der Waals surface area (Å²) in [6, 6.07) is 1.86. The summed E-state index contributed by atoms with van der Waals surface area (Å²) in [4.78, 5) is 20.4. The van der Waals surface area contributed by atoms with Crippen molar-refractivity contribution in [2.24, 2.45) is 0 Å². The molecule has 0 radical (unpaired) electrons. The second kappa shape index (κ2) is 5.97. The fraction of sp³-hybridized carbons (Fsp3) is 0.600. The van der Waals surface area contributed by atoms with Crippen LogP contribution in [0.5, 0.6) is 0 Å². The first-order chi connectivity index (χ1) is 10.1. The molecule has 0 aromatic carbocycles. The van der Waals surface area contributed by atoms with Crippen LogP contribution in [-0.2, 0) is 0 Å². The van der Waals surface area contributed by atoms with Crippen molar-refractivity contribution in [2.75, 3.05) is 31.9 Å². The molecular formula is C15H21FN4O. The Bertz CT molecular complexity index is 522. The number of halogens is 1. The van der Waals surface area contributed by atoms with Crippen molar-refractivity contribution in [1.82, 2.24) is 14.8 Å². The second-order valence-corrected chi connectivity index (χ2v) is 5.85. The first-order valence-electron chi connectivity index (χ1n) is 7.59. The van der Waals surface area contributed by atoms with Crippen LogP contribution in [0, 0.1) is 5.82 Å². The summed E-state index contributed by atoms with van der Waals surface area (Å²) < 4.78 is 13.2. The van der Waals surface area contributed by atoms with Crippen molar-refractivity contribution < 1.29 is 9.18 Å². The second-order valence-electron chi connectivity index (χ2n) is 5.85. The molecule has 1 aliphatic heterocycles. The van der Waals surface area contributed by atoms with Gasteiger partial charge in [0.05, 0.1) is 11.8 Å². The van der Waals surface area contributed by atoms with Crippen molar-refractivity contribution in [3.05, 3.63) is 23.6 Å². The molecule has 6 heteroatoms. The van der Waals surface area contributed by atoms with Gasteiger partial charge in [-0.2, -0.15) is 0 Å². The highest BCUT2D eigenvalue weighted by Gasteiger charge is 2.29. The van der Waals surface area contributed by atoms with Crippen LogP contribution in [0.4, 0.5) is 10.2 Å². The molecule has 3 rings (SSSR count). The van der Waals surface area contributed by atoms with Crippen LogP contribution >= 0.6 is 0 Å². The van der Waals surface area contributed by atoms with Crippen molar-refractivity contribution in [2.45, 2.75) is 31.7 Å². The van der Waals surface area contributed by atoms with Crippen LogP contribution < -0.4 is 5.73 Å². The van der Waals surface area contributed by atoms with E-state index in [4.69, 9.17) is 5.73 Å². The lowest BCUT2D eigenvalue weighted by atomic mass is 10.1. The van der Waals surface area contributed by atoms with Gasteiger partial charge in [0, 0.05) is 32.2 Å². The molecule has 0 atom stereocenters. The number of nitrogens with two attached hydrogens (primary N) is 1. The van der Waals surface area contributed by atoms with E-state index in [-0.39, 0.29) is 17.3 Å². The predicted octanol–water partition coefficient (Wildman–Crippen LogP) is 1.50. The third kappa shape index (κ3) is 3.00. The molecule has 1 aromatic heterocycles. The van der Waals surface area contributed by atoms with Gasteiger partial charge in [-0.15, -0.1) is 0 Å². The third-order valence-corrected chi connectivity index (χ3v) is 4.56.